The first-order valence-electron chi connectivity index (χ1n) is 11.7. The first kappa shape index (κ1) is 25.2. The van der Waals surface area contributed by atoms with Crippen molar-refractivity contribution < 1.29 is 14.3 Å². The fourth-order valence-electron chi connectivity index (χ4n) is 4.29. The zero-order valence-electron chi connectivity index (χ0n) is 20.1. The van der Waals surface area contributed by atoms with E-state index < -0.39 is 0 Å². The Morgan fingerprint density at radius 1 is 1.19 bits per heavy atom. The van der Waals surface area contributed by atoms with E-state index in [0.29, 0.717) is 43.3 Å². The van der Waals surface area contributed by atoms with Crippen LogP contribution in [0.25, 0.3) is 0 Å². The predicted molar refractivity (Wildman–Crippen MR) is 128 cm³/mol. The second-order valence-corrected chi connectivity index (χ2v) is 9.85. The highest BCUT2D eigenvalue weighted by molar-refractivity contribution is 6.02. The molecule has 2 amide bonds. The van der Waals surface area contributed by atoms with Gasteiger partial charge in [-0.15, -0.1) is 0 Å². The fourth-order valence-corrected chi connectivity index (χ4v) is 4.29. The van der Waals surface area contributed by atoms with Crippen molar-refractivity contribution in [2.75, 3.05) is 43.1 Å². The average Bonchev–Trinajstić information content (AvgIpc) is 3.20. The molecule has 6 heteroatoms. The molecule has 0 spiro atoms. The third kappa shape index (κ3) is 8.90. The highest BCUT2D eigenvalue weighted by Crippen LogP contribution is 2.29. The van der Waals surface area contributed by atoms with Crippen LogP contribution in [0.2, 0.25) is 0 Å². The number of nitrogens with one attached hydrogen (secondary N) is 2. The van der Waals surface area contributed by atoms with Crippen molar-refractivity contribution in [3.63, 3.8) is 0 Å². The number of carbonyl (C=O) groups excluding carboxylic acids is 2. The van der Waals surface area contributed by atoms with Gasteiger partial charge in [0.1, 0.15) is 0 Å². The van der Waals surface area contributed by atoms with Gasteiger partial charge < -0.3 is 20.3 Å². The van der Waals surface area contributed by atoms with Crippen molar-refractivity contribution in [3.8, 4) is 0 Å². The molecule has 1 heterocycles. The van der Waals surface area contributed by atoms with Gasteiger partial charge in [-0.25, -0.2) is 0 Å². The minimum Gasteiger partial charge on any atom is -0.382 e. The summed E-state index contributed by atoms with van der Waals surface area (Å²) in [7, 11) is 0. The molecular formula is C25H41N3O3. The summed E-state index contributed by atoms with van der Waals surface area (Å²) in [5, 5.41) is 6.00. The molecule has 1 aromatic carbocycles. The number of hydrogen-bond acceptors (Lipinski definition) is 4. The Labute approximate surface area is 188 Å². The van der Waals surface area contributed by atoms with Gasteiger partial charge in [0.05, 0.1) is 5.56 Å². The SMILES string of the molecule is CCOCCCNC(=O)c1cc(NC(=O)CC(C)CC(C)(C)C)ccc1N1CCCC1. The highest BCUT2D eigenvalue weighted by Gasteiger charge is 2.21. The van der Waals surface area contributed by atoms with Crippen molar-refractivity contribution in [3.05, 3.63) is 23.8 Å². The maximum absolute atomic E-state index is 12.9. The summed E-state index contributed by atoms with van der Waals surface area (Å²) in [4.78, 5) is 27.8. The van der Waals surface area contributed by atoms with Gasteiger partial charge in [-0.3, -0.25) is 9.59 Å². The fraction of sp³-hybridized carbons (Fsp3) is 0.680. The van der Waals surface area contributed by atoms with E-state index in [9.17, 15) is 9.59 Å². The topological polar surface area (TPSA) is 70.7 Å². The van der Waals surface area contributed by atoms with Crippen LogP contribution in [0.15, 0.2) is 18.2 Å². The number of rotatable bonds is 11. The molecule has 1 aliphatic rings. The molecular weight excluding hydrogens is 390 g/mol. The van der Waals surface area contributed by atoms with Crippen LogP contribution in [0.1, 0.15) is 77.1 Å². The molecule has 0 aromatic heterocycles. The molecule has 2 rings (SSSR count). The van der Waals surface area contributed by atoms with Gasteiger partial charge in [-0.2, -0.15) is 0 Å². The second kappa shape index (κ2) is 12.1. The summed E-state index contributed by atoms with van der Waals surface area (Å²) in [5.74, 6) is 0.196. The predicted octanol–water partition coefficient (Wildman–Crippen LogP) is 4.84. The summed E-state index contributed by atoms with van der Waals surface area (Å²) < 4.78 is 5.34. The minimum absolute atomic E-state index is 0.00579. The van der Waals surface area contributed by atoms with Crippen LogP contribution >= 0.6 is 0 Å². The maximum Gasteiger partial charge on any atom is 0.253 e. The Hall–Kier alpha value is -2.08. The van der Waals surface area contributed by atoms with E-state index in [4.69, 9.17) is 4.74 Å². The van der Waals surface area contributed by atoms with Gasteiger partial charge in [-0.1, -0.05) is 27.7 Å². The van der Waals surface area contributed by atoms with Crippen molar-refractivity contribution in [2.45, 2.75) is 66.7 Å². The summed E-state index contributed by atoms with van der Waals surface area (Å²) >= 11 is 0. The van der Waals surface area contributed by atoms with Gasteiger partial charge >= 0.3 is 0 Å². The zero-order valence-corrected chi connectivity index (χ0v) is 20.1. The Kier molecular flexibility index (Phi) is 9.82. The minimum atomic E-state index is -0.101. The Balaban J connectivity index is 2.06. The average molecular weight is 432 g/mol. The number of nitrogens with zero attached hydrogens (tertiary/aromatic N) is 1. The lowest BCUT2D eigenvalue weighted by Crippen LogP contribution is -2.29. The molecule has 1 fully saturated rings. The summed E-state index contributed by atoms with van der Waals surface area (Å²) in [6.45, 7) is 14.5. The number of amides is 2. The Morgan fingerprint density at radius 3 is 2.55 bits per heavy atom. The molecule has 2 N–H and O–H groups in total. The molecule has 1 unspecified atom stereocenters. The first-order valence-corrected chi connectivity index (χ1v) is 11.7. The molecule has 1 saturated heterocycles. The lowest BCUT2D eigenvalue weighted by molar-refractivity contribution is -0.117. The summed E-state index contributed by atoms with van der Waals surface area (Å²) in [6, 6.07) is 5.69. The van der Waals surface area contributed by atoms with Gasteiger partial charge in [0.15, 0.2) is 0 Å². The highest BCUT2D eigenvalue weighted by atomic mass is 16.5. The van der Waals surface area contributed by atoms with Crippen molar-refractivity contribution in [2.24, 2.45) is 11.3 Å². The summed E-state index contributed by atoms with van der Waals surface area (Å²) in [6.07, 6.45) is 4.52. The number of carbonyl (C=O) groups is 2. The largest absolute Gasteiger partial charge is 0.382 e. The van der Waals surface area contributed by atoms with E-state index in [1.165, 1.54) is 0 Å². The van der Waals surface area contributed by atoms with Crippen molar-refractivity contribution in [1.29, 1.82) is 0 Å². The second-order valence-electron chi connectivity index (χ2n) is 9.85. The molecule has 31 heavy (non-hydrogen) atoms. The van der Waals surface area contributed by atoms with Gasteiger partial charge in [0, 0.05) is 50.6 Å². The van der Waals surface area contributed by atoms with E-state index in [1.807, 2.05) is 25.1 Å². The normalized spacial score (nSPS) is 15.1. The third-order valence-corrected chi connectivity index (χ3v) is 5.42. The van der Waals surface area contributed by atoms with Gasteiger partial charge in [0.2, 0.25) is 5.91 Å². The standard InChI is InChI=1S/C25H41N3O3/c1-6-31-15-9-12-26-24(30)21-17-20(10-11-22(21)28-13-7-8-14-28)27-23(29)16-19(2)18-25(3,4)5/h10-11,17,19H,6-9,12-16,18H2,1-5H3,(H,26,30)(H,27,29). The Bertz CT molecular complexity index is 721. The first-order chi connectivity index (χ1) is 14.7. The van der Waals surface area contributed by atoms with Gasteiger partial charge in [-0.05, 0) is 62.1 Å². The third-order valence-electron chi connectivity index (χ3n) is 5.42. The molecule has 1 aliphatic heterocycles. The van der Waals surface area contributed by atoms with E-state index >= 15 is 0 Å². The number of anilines is 2. The van der Waals surface area contributed by atoms with Gasteiger partial charge in [0.25, 0.3) is 5.91 Å². The molecule has 1 atom stereocenters. The summed E-state index contributed by atoms with van der Waals surface area (Å²) in [5.41, 5.74) is 2.44. The van der Waals surface area contributed by atoms with E-state index in [-0.39, 0.29) is 17.2 Å². The van der Waals surface area contributed by atoms with Crippen LogP contribution in [0.5, 0.6) is 0 Å². The number of ether oxygens (including phenoxy) is 1. The van der Waals surface area contributed by atoms with Crippen LogP contribution in [-0.2, 0) is 9.53 Å². The molecule has 0 saturated carbocycles. The van der Waals surface area contributed by atoms with Crippen LogP contribution in [-0.4, -0.2) is 44.7 Å². The van der Waals surface area contributed by atoms with Crippen LogP contribution in [0.3, 0.4) is 0 Å². The molecule has 1 aromatic rings. The monoisotopic (exact) mass is 431 g/mol. The van der Waals surface area contributed by atoms with Crippen LogP contribution < -0.4 is 15.5 Å². The number of hydrogen-bond donors (Lipinski definition) is 2. The van der Waals surface area contributed by atoms with Crippen molar-refractivity contribution in [1.82, 2.24) is 5.32 Å². The molecule has 0 bridgehead atoms. The molecule has 6 nitrogen and oxygen atoms in total. The van der Waals surface area contributed by atoms with E-state index in [1.54, 1.807) is 0 Å². The van der Waals surface area contributed by atoms with Crippen LogP contribution in [0.4, 0.5) is 11.4 Å². The lowest BCUT2D eigenvalue weighted by Gasteiger charge is -2.23. The zero-order chi connectivity index (χ0) is 22.9. The van der Waals surface area contributed by atoms with Crippen LogP contribution in [0, 0.1) is 11.3 Å². The smallest absolute Gasteiger partial charge is 0.253 e. The molecule has 0 aliphatic carbocycles. The Morgan fingerprint density at radius 2 is 1.90 bits per heavy atom. The lowest BCUT2D eigenvalue weighted by atomic mass is 9.84. The molecule has 174 valence electrons. The van der Waals surface area contributed by atoms with Crippen molar-refractivity contribution >= 4 is 23.2 Å². The van der Waals surface area contributed by atoms with E-state index in [2.05, 4.69) is 43.2 Å². The number of benzene rings is 1. The quantitative estimate of drug-likeness (QED) is 0.492. The van der Waals surface area contributed by atoms with E-state index in [0.717, 1.165) is 44.5 Å². The molecule has 0 radical (unpaired) electrons. The maximum atomic E-state index is 12.9.